The molecule has 1 aromatic carbocycles. The SMILES string of the molecule is COc1cc(F)c(O[C@H]2CC[C@H](C)CC2)cc1C(=O)N[C@@H]1[C@H]2CC[C@H](C2)[C@@H]1C(=O)NC1CCC1. The highest BCUT2D eigenvalue weighted by atomic mass is 19.1. The van der Waals surface area contributed by atoms with Crippen molar-refractivity contribution in [2.45, 2.75) is 89.3 Å². The van der Waals surface area contributed by atoms with E-state index in [2.05, 4.69) is 17.6 Å². The normalized spacial score (nSPS) is 32.7. The van der Waals surface area contributed by atoms with Crippen LogP contribution in [0.3, 0.4) is 0 Å². The maximum Gasteiger partial charge on any atom is 0.255 e. The summed E-state index contributed by atoms with van der Waals surface area (Å²) in [7, 11) is 1.43. The van der Waals surface area contributed by atoms with Gasteiger partial charge < -0.3 is 20.1 Å². The summed E-state index contributed by atoms with van der Waals surface area (Å²) in [5.74, 6) is 0.575. The van der Waals surface area contributed by atoms with E-state index in [1.807, 2.05) is 0 Å². The number of fused-ring (bicyclic) bond motifs is 2. The van der Waals surface area contributed by atoms with Gasteiger partial charge in [0, 0.05) is 18.2 Å². The molecule has 7 heteroatoms. The molecular formula is C27H37FN2O4. The van der Waals surface area contributed by atoms with Gasteiger partial charge in [-0.1, -0.05) is 6.92 Å². The minimum absolute atomic E-state index is 0.0415. The van der Waals surface area contributed by atoms with Crippen LogP contribution in [0.1, 0.15) is 81.5 Å². The highest BCUT2D eigenvalue weighted by Crippen LogP contribution is 2.49. The van der Waals surface area contributed by atoms with Crippen LogP contribution in [0, 0.1) is 29.5 Å². The van der Waals surface area contributed by atoms with Gasteiger partial charge >= 0.3 is 0 Å². The van der Waals surface area contributed by atoms with E-state index in [9.17, 15) is 14.0 Å². The van der Waals surface area contributed by atoms with Crippen molar-refractivity contribution in [3.8, 4) is 11.5 Å². The predicted octanol–water partition coefficient (Wildman–Crippen LogP) is 4.61. The van der Waals surface area contributed by atoms with Crippen molar-refractivity contribution in [3.63, 3.8) is 0 Å². The standard InChI is InChI=1S/C27H37FN2O4/c1-15-6-10-19(11-7-15)34-23-13-20(22(33-2)14-21(23)28)26(31)30-25-17-9-8-16(12-17)24(25)27(32)29-18-4-3-5-18/h13-19,24-25H,3-12H2,1-2H3,(H,29,32)(H,30,31)/t15-,16-,17+,19-,24+,25-/m1/s1. The van der Waals surface area contributed by atoms with Crippen molar-refractivity contribution < 1.29 is 23.5 Å². The molecule has 2 N–H and O–H groups in total. The van der Waals surface area contributed by atoms with Crippen LogP contribution in [0.25, 0.3) is 0 Å². The summed E-state index contributed by atoms with van der Waals surface area (Å²) in [6, 6.07) is 2.78. The molecule has 4 saturated carbocycles. The van der Waals surface area contributed by atoms with E-state index >= 15 is 0 Å². The summed E-state index contributed by atoms with van der Waals surface area (Å²) >= 11 is 0. The molecule has 2 amide bonds. The summed E-state index contributed by atoms with van der Waals surface area (Å²) in [6.07, 6.45) is 10.1. The first-order valence-electron chi connectivity index (χ1n) is 13.1. The number of benzene rings is 1. The highest BCUT2D eigenvalue weighted by molar-refractivity contribution is 5.98. The molecule has 186 valence electrons. The number of hydrogen-bond donors (Lipinski definition) is 2. The van der Waals surface area contributed by atoms with E-state index in [0.717, 1.165) is 64.2 Å². The molecule has 0 heterocycles. The Morgan fingerprint density at radius 2 is 1.68 bits per heavy atom. The third-order valence-electron chi connectivity index (χ3n) is 8.72. The maximum atomic E-state index is 14.8. The van der Waals surface area contributed by atoms with Crippen molar-refractivity contribution in [2.24, 2.45) is 23.7 Å². The number of rotatable bonds is 7. The van der Waals surface area contributed by atoms with E-state index in [4.69, 9.17) is 9.47 Å². The average molecular weight is 473 g/mol. The average Bonchev–Trinajstić information content (AvgIpc) is 3.40. The quantitative estimate of drug-likeness (QED) is 0.608. The number of methoxy groups -OCH3 is 1. The lowest BCUT2D eigenvalue weighted by molar-refractivity contribution is -0.128. The number of halogens is 1. The van der Waals surface area contributed by atoms with Gasteiger partial charge in [0.1, 0.15) is 5.75 Å². The molecule has 4 fully saturated rings. The molecule has 5 rings (SSSR count). The minimum atomic E-state index is -0.523. The molecule has 0 radical (unpaired) electrons. The zero-order valence-corrected chi connectivity index (χ0v) is 20.3. The fraction of sp³-hybridized carbons (Fsp3) is 0.704. The molecule has 4 aliphatic carbocycles. The minimum Gasteiger partial charge on any atom is -0.496 e. The lowest BCUT2D eigenvalue weighted by Gasteiger charge is -2.34. The van der Waals surface area contributed by atoms with Crippen LogP contribution in [-0.2, 0) is 4.79 Å². The molecule has 0 unspecified atom stereocenters. The molecule has 4 aliphatic rings. The van der Waals surface area contributed by atoms with Crippen molar-refractivity contribution in [1.82, 2.24) is 10.6 Å². The van der Waals surface area contributed by atoms with Crippen molar-refractivity contribution in [1.29, 1.82) is 0 Å². The van der Waals surface area contributed by atoms with Gasteiger partial charge in [-0.3, -0.25) is 9.59 Å². The Morgan fingerprint density at radius 3 is 2.35 bits per heavy atom. The first-order valence-corrected chi connectivity index (χ1v) is 13.1. The van der Waals surface area contributed by atoms with Crippen molar-refractivity contribution >= 4 is 11.8 Å². The molecule has 0 spiro atoms. The van der Waals surface area contributed by atoms with Crippen LogP contribution in [0.15, 0.2) is 12.1 Å². The highest BCUT2D eigenvalue weighted by Gasteiger charge is 2.51. The van der Waals surface area contributed by atoms with Gasteiger partial charge in [-0.2, -0.15) is 0 Å². The summed E-state index contributed by atoms with van der Waals surface area (Å²) < 4.78 is 26.1. The van der Waals surface area contributed by atoms with Crippen LogP contribution < -0.4 is 20.1 Å². The predicted molar refractivity (Wildman–Crippen MR) is 126 cm³/mol. The maximum absolute atomic E-state index is 14.8. The fourth-order valence-electron chi connectivity index (χ4n) is 6.45. The van der Waals surface area contributed by atoms with Gasteiger partial charge in [0.25, 0.3) is 5.91 Å². The first kappa shape index (κ1) is 23.4. The smallest absolute Gasteiger partial charge is 0.255 e. The number of ether oxygens (including phenoxy) is 2. The molecule has 2 bridgehead atoms. The van der Waals surface area contributed by atoms with Gasteiger partial charge in [0.05, 0.1) is 24.7 Å². The van der Waals surface area contributed by atoms with Crippen LogP contribution in [0.4, 0.5) is 4.39 Å². The van der Waals surface area contributed by atoms with Gasteiger partial charge in [-0.05, 0) is 88.0 Å². The fourth-order valence-corrected chi connectivity index (χ4v) is 6.45. The zero-order chi connectivity index (χ0) is 23.8. The molecule has 0 aliphatic heterocycles. The van der Waals surface area contributed by atoms with Gasteiger partial charge in [0.2, 0.25) is 5.91 Å². The Bertz CT molecular complexity index is 925. The largest absolute Gasteiger partial charge is 0.496 e. The number of carbonyl (C=O) groups is 2. The molecule has 4 atom stereocenters. The van der Waals surface area contributed by atoms with E-state index in [1.54, 1.807) is 0 Å². The monoisotopic (exact) mass is 472 g/mol. The lowest BCUT2D eigenvalue weighted by atomic mass is 9.82. The third-order valence-corrected chi connectivity index (χ3v) is 8.72. The second-order valence-electron chi connectivity index (χ2n) is 11.0. The second kappa shape index (κ2) is 9.74. The van der Waals surface area contributed by atoms with E-state index in [0.29, 0.717) is 17.8 Å². The molecule has 0 aromatic heterocycles. The Labute approximate surface area is 201 Å². The molecule has 6 nitrogen and oxygen atoms in total. The van der Waals surface area contributed by atoms with Crippen molar-refractivity contribution in [3.05, 3.63) is 23.5 Å². The van der Waals surface area contributed by atoms with E-state index < -0.39 is 5.82 Å². The number of carbonyl (C=O) groups excluding carboxylic acids is 2. The summed E-state index contributed by atoms with van der Waals surface area (Å²) in [6.45, 7) is 2.22. The van der Waals surface area contributed by atoms with E-state index in [1.165, 1.54) is 19.2 Å². The second-order valence-corrected chi connectivity index (χ2v) is 11.0. The lowest BCUT2D eigenvalue weighted by Crippen LogP contribution is -2.52. The number of hydrogen-bond acceptors (Lipinski definition) is 4. The van der Waals surface area contributed by atoms with Crippen LogP contribution >= 0.6 is 0 Å². The Hall–Kier alpha value is -2.31. The number of nitrogens with one attached hydrogen (secondary N) is 2. The van der Waals surface area contributed by atoms with Crippen molar-refractivity contribution in [2.75, 3.05) is 7.11 Å². The third kappa shape index (κ3) is 4.63. The van der Waals surface area contributed by atoms with Crippen LogP contribution in [0.5, 0.6) is 11.5 Å². The van der Waals surface area contributed by atoms with Crippen LogP contribution in [-0.4, -0.2) is 37.1 Å². The molecule has 1 aromatic rings. The zero-order valence-electron chi connectivity index (χ0n) is 20.3. The topological polar surface area (TPSA) is 76.7 Å². The summed E-state index contributed by atoms with van der Waals surface area (Å²) in [4.78, 5) is 26.5. The Kier molecular flexibility index (Phi) is 6.72. The van der Waals surface area contributed by atoms with Crippen LogP contribution in [0.2, 0.25) is 0 Å². The Morgan fingerprint density at radius 1 is 0.941 bits per heavy atom. The van der Waals surface area contributed by atoms with E-state index in [-0.39, 0.29) is 53.0 Å². The van der Waals surface area contributed by atoms with Gasteiger partial charge in [-0.15, -0.1) is 0 Å². The Balaban J connectivity index is 1.32. The molecular weight excluding hydrogens is 435 g/mol. The molecule has 34 heavy (non-hydrogen) atoms. The number of amides is 2. The molecule has 0 saturated heterocycles. The summed E-state index contributed by atoms with van der Waals surface area (Å²) in [5, 5.41) is 6.33. The summed E-state index contributed by atoms with van der Waals surface area (Å²) in [5.41, 5.74) is 0.254. The van der Waals surface area contributed by atoms with Gasteiger partial charge in [0.15, 0.2) is 11.6 Å². The van der Waals surface area contributed by atoms with Gasteiger partial charge in [-0.25, -0.2) is 4.39 Å². The first-order chi connectivity index (χ1) is 16.4.